The maximum Gasteiger partial charge on any atom is 0.261 e. The first-order chi connectivity index (χ1) is 8.63. The van der Waals surface area contributed by atoms with Gasteiger partial charge in [0.2, 0.25) is 5.91 Å². The van der Waals surface area contributed by atoms with Gasteiger partial charge < -0.3 is 9.64 Å². The molecule has 0 aliphatic carbocycles. The third-order valence-electron chi connectivity index (χ3n) is 2.72. The zero-order chi connectivity index (χ0) is 13.4. The van der Waals surface area contributed by atoms with Gasteiger partial charge in [-0.3, -0.25) is 9.69 Å². The summed E-state index contributed by atoms with van der Waals surface area (Å²) in [4.78, 5) is 15.3. The van der Waals surface area contributed by atoms with Gasteiger partial charge in [-0.1, -0.05) is 0 Å². The highest BCUT2D eigenvalue weighted by Crippen LogP contribution is 2.04. The van der Waals surface area contributed by atoms with Crippen molar-refractivity contribution in [2.75, 3.05) is 45.9 Å². The van der Waals surface area contributed by atoms with Crippen LogP contribution in [0.1, 0.15) is 6.42 Å². The molecular formula is C11H17F2N3O2. The van der Waals surface area contributed by atoms with Gasteiger partial charge in [0, 0.05) is 26.2 Å². The maximum atomic E-state index is 11.8. The number of halogens is 2. The summed E-state index contributed by atoms with van der Waals surface area (Å²) in [5.74, 6) is -0.0825. The molecule has 0 aromatic carbocycles. The molecule has 18 heavy (non-hydrogen) atoms. The Kier molecular flexibility index (Phi) is 6.54. The second-order valence-electron chi connectivity index (χ2n) is 4.03. The second kappa shape index (κ2) is 7.95. The van der Waals surface area contributed by atoms with Crippen LogP contribution in [0.2, 0.25) is 0 Å². The van der Waals surface area contributed by atoms with Crippen LogP contribution in [0.3, 0.4) is 0 Å². The number of rotatable bonds is 6. The minimum Gasteiger partial charge on any atom is -0.375 e. The van der Waals surface area contributed by atoms with Crippen LogP contribution in [0.15, 0.2) is 0 Å². The van der Waals surface area contributed by atoms with Gasteiger partial charge >= 0.3 is 0 Å². The molecule has 1 amide bonds. The molecule has 1 fully saturated rings. The first-order valence-corrected chi connectivity index (χ1v) is 5.86. The molecule has 0 radical (unpaired) electrons. The SMILES string of the molecule is N#CCN1CCN(C(=O)CCOCC(F)F)CC1. The Balaban J connectivity index is 2.14. The van der Waals surface area contributed by atoms with Crippen LogP contribution in [0.5, 0.6) is 0 Å². The molecule has 1 rings (SSSR count). The summed E-state index contributed by atoms with van der Waals surface area (Å²) < 4.78 is 28.2. The smallest absolute Gasteiger partial charge is 0.261 e. The number of hydrogen-bond donors (Lipinski definition) is 0. The van der Waals surface area contributed by atoms with E-state index in [9.17, 15) is 13.6 Å². The third kappa shape index (κ3) is 5.38. The van der Waals surface area contributed by atoms with Crippen molar-refractivity contribution < 1.29 is 18.3 Å². The first-order valence-electron chi connectivity index (χ1n) is 5.86. The Morgan fingerprint density at radius 3 is 2.56 bits per heavy atom. The lowest BCUT2D eigenvalue weighted by atomic mass is 10.3. The summed E-state index contributed by atoms with van der Waals surface area (Å²) in [6, 6.07) is 2.07. The van der Waals surface area contributed by atoms with Gasteiger partial charge in [-0.15, -0.1) is 0 Å². The summed E-state index contributed by atoms with van der Waals surface area (Å²) in [5, 5.41) is 8.53. The number of piperazine rings is 1. The van der Waals surface area contributed by atoms with Crippen LogP contribution in [-0.4, -0.2) is 68.1 Å². The van der Waals surface area contributed by atoms with E-state index in [2.05, 4.69) is 10.8 Å². The summed E-state index contributed by atoms with van der Waals surface area (Å²) >= 11 is 0. The molecule has 1 aliphatic heterocycles. The Morgan fingerprint density at radius 1 is 1.33 bits per heavy atom. The van der Waals surface area contributed by atoms with Crippen LogP contribution < -0.4 is 0 Å². The number of amides is 1. The van der Waals surface area contributed by atoms with E-state index in [4.69, 9.17) is 5.26 Å². The topological polar surface area (TPSA) is 56.6 Å². The zero-order valence-electron chi connectivity index (χ0n) is 10.1. The van der Waals surface area contributed by atoms with Crippen LogP contribution in [0.25, 0.3) is 0 Å². The van der Waals surface area contributed by atoms with E-state index in [1.165, 1.54) is 0 Å². The third-order valence-corrected chi connectivity index (χ3v) is 2.72. The van der Waals surface area contributed by atoms with Crippen molar-refractivity contribution in [3.63, 3.8) is 0 Å². The van der Waals surface area contributed by atoms with Crippen LogP contribution >= 0.6 is 0 Å². The summed E-state index contributed by atoms with van der Waals surface area (Å²) in [6.07, 6.45) is -2.36. The van der Waals surface area contributed by atoms with Crippen molar-refractivity contribution >= 4 is 5.91 Å². The molecule has 0 N–H and O–H groups in total. The molecule has 0 atom stereocenters. The fourth-order valence-corrected chi connectivity index (χ4v) is 1.75. The minimum atomic E-state index is -2.49. The molecule has 0 bridgehead atoms. The fourth-order valence-electron chi connectivity index (χ4n) is 1.75. The number of ether oxygens (including phenoxy) is 1. The Labute approximate surface area is 105 Å². The van der Waals surface area contributed by atoms with Crippen LogP contribution in [-0.2, 0) is 9.53 Å². The Bertz CT molecular complexity index is 299. The molecule has 102 valence electrons. The van der Waals surface area contributed by atoms with E-state index in [-0.39, 0.29) is 18.9 Å². The van der Waals surface area contributed by atoms with Gasteiger partial charge in [0.15, 0.2) is 0 Å². The van der Waals surface area contributed by atoms with Crippen molar-refractivity contribution in [1.29, 1.82) is 5.26 Å². The van der Waals surface area contributed by atoms with Crippen LogP contribution in [0.4, 0.5) is 8.78 Å². The lowest BCUT2D eigenvalue weighted by Gasteiger charge is -2.33. The average molecular weight is 261 g/mol. The summed E-state index contributed by atoms with van der Waals surface area (Å²) in [6.45, 7) is 2.30. The first kappa shape index (κ1) is 14.8. The normalized spacial score (nSPS) is 16.9. The lowest BCUT2D eigenvalue weighted by Crippen LogP contribution is -2.48. The van der Waals surface area contributed by atoms with Gasteiger partial charge in [-0.05, 0) is 0 Å². The van der Waals surface area contributed by atoms with Gasteiger partial charge in [0.05, 0.1) is 25.6 Å². The highest BCUT2D eigenvalue weighted by atomic mass is 19.3. The van der Waals surface area contributed by atoms with Crippen molar-refractivity contribution in [3.8, 4) is 6.07 Å². The molecule has 0 aromatic rings. The number of alkyl halides is 2. The van der Waals surface area contributed by atoms with E-state index >= 15 is 0 Å². The molecular weight excluding hydrogens is 244 g/mol. The Morgan fingerprint density at radius 2 is 2.00 bits per heavy atom. The van der Waals surface area contributed by atoms with Crippen molar-refractivity contribution in [2.45, 2.75) is 12.8 Å². The molecule has 1 saturated heterocycles. The second-order valence-corrected chi connectivity index (χ2v) is 4.03. The lowest BCUT2D eigenvalue weighted by molar-refractivity contribution is -0.134. The van der Waals surface area contributed by atoms with Gasteiger partial charge in [0.1, 0.15) is 6.61 Å². The quantitative estimate of drug-likeness (QED) is 0.510. The molecule has 1 aliphatic rings. The van der Waals surface area contributed by atoms with Gasteiger partial charge in [-0.2, -0.15) is 5.26 Å². The van der Waals surface area contributed by atoms with Crippen molar-refractivity contribution in [3.05, 3.63) is 0 Å². The van der Waals surface area contributed by atoms with E-state index in [0.29, 0.717) is 32.7 Å². The van der Waals surface area contributed by atoms with E-state index in [1.807, 2.05) is 4.90 Å². The predicted molar refractivity (Wildman–Crippen MR) is 60.1 cm³/mol. The number of nitriles is 1. The number of carbonyl (C=O) groups excluding carboxylic acids is 1. The zero-order valence-corrected chi connectivity index (χ0v) is 10.1. The van der Waals surface area contributed by atoms with Crippen molar-refractivity contribution in [2.24, 2.45) is 0 Å². The fraction of sp³-hybridized carbons (Fsp3) is 0.818. The molecule has 5 nitrogen and oxygen atoms in total. The monoisotopic (exact) mass is 261 g/mol. The highest BCUT2D eigenvalue weighted by molar-refractivity contribution is 5.76. The van der Waals surface area contributed by atoms with E-state index in [0.717, 1.165) is 0 Å². The Hall–Kier alpha value is -1.26. The summed E-state index contributed by atoms with van der Waals surface area (Å²) in [7, 11) is 0. The summed E-state index contributed by atoms with van der Waals surface area (Å²) in [5.41, 5.74) is 0. The van der Waals surface area contributed by atoms with E-state index < -0.39 is 13.0 Å². The number of nitrogens with zero attached hydrogens (tertiary/aromatic N) is 3. The maximum absolute atomic E-state index is 11.8. The molecule has 7 heteroatoms. The standard InChI is InChI=1S/C11H17F2N3O2/c12-10(13)9-18-8-1-11(17)16-6-4-15(3-2-14)5-7-16/h10H,1,3-9H2. The average Bonchev–Trinajstić information content (AvgIpc) is 2.35. The molecule has 0 unspecified atom stereocenters. The molecule has 0 saturated carbocycles. The van der Waals surface area contributed by atoms with Gasteiger partial charge in [-0.25, -0.2) is 8.78 Å². The van der Waals surface area contributed by atoms with Crippen LogP contribution in [0, 0.1) is 11.3 Å². The largest absolute Gasteiger partial charge is 0.375 e. The van der Waals surface area contributed by atoms with Gasteiger partial charge in [0.25, 0.3) is 6.43 Å². The molecule has 0 aromatic heterocycles. The predicted octanol–water partition coefficient (Wildman–Crippen LogP) is 0.326. The van der Waals surface area contributed by atoms with E-state index in [1.54, 1.807) is 4.90 Å². The molecule has 0 spiro atoms. The molecule has 1 heterocycles. The van der Waals surface area contributed by atoms with Crippen molar-refractivity contribution in [1.82, 2.24) is 9.80 Å². The number of hydrogen-bond acceptors (Lipinski definition) is 4. The number of carbonyl (C=O) groups is 1. The highest BCUT2D eigenvalue weighted by Gasteiger charge is 2.20. The minimum absolute atomic E-state index is 0.0293.